The number of fused-ring (bicyclic) bond motifs is 4. The second-order valence-electron chi connectivity index (χ2n) is 12.7. The minimum Gasteiger partial charge on any atom is -0.443 e. The van der Waals surface area contributed by atoms with Crippen LogP contribution in [0.4, 0.5) is 4.79 Å². The van der Waals surface area contributed by atoms with Gasteiger partial charge in [-0.3, -0.25) is 14.2 Å². The largest absolute Gasteiger partial charge is 0.443 e. The molecule has 0 spiro atoms. The normalized spacial score (nSPS) is 13.8. The number of nitrogens with zero attached hydrogens (tertiary/aromatic N) is 1. The minimum atomic E-state index is -1.12. The molecule has 1 aliphatic carbocycles. The Hall–Kier alpha value is -5.21. The summed E-state index contributed by atoms with van der Waals surface area (Å²) in [6.07, 6.45) is 1.15. The molecule has 8 heteroatoms. The predicted molar refractivity (Wildman–Crippen MR) is 182 cm³/mol. The van der Waals surface area contributed by atoms with Gasteiger partial charge in [-0.15, -0.1) is 0 Å². The van der Waals surface area contributed by atoms with Gasteiger partial charge in [-0.25, -0.2) is 4.79 Å². The Bertz CT molecular complexity index is 1850. The van der Waals surface area contributed by atoms with Gasteiger partial charge >= 0.3 is 6.09 Å². The fourth-order valence-corrected chi connectivity index (χ4v) is 6.37. The second-order valence-corrected chi connectivity index (χ2v) is 12.7. The zero-order valence-corrected chi connectivity index (χ0v) is 26.8. The average Bonchev–Trinajstić information content (AvgIpc) is 3.61. The van der Waals surface area contributed by atoms with Gasteiger partial charge in [-0.2, -0.15) is 0 Å². The molecule has 2 atom stereocenters. The zero-order chi connectivity index (χ0) is 33.0. The molecule has 1 heterocycles. The first-order valence-electron chi connectivity index (χ1n) is 15.9. The van der Waals surface area contributed by atoms with Crippen LogP contribution in [-0.2, 0) is 25.5 Å². The van der Waals surface area contributed by atoms with Crippen molar-refractivity contribution < 1.29 is 23.9 Å². The van der Waals surface area contributed by atoms with E-state index < -0.39 is 23.8 Å². The number of hydrogen-bond acceptors (Lipinski definition) is 5. The lowest BCUT2D eigenvalue weighted by Crippen LogP contribution is -2.46. The zero-order valence-electron chi connectivity index (χ0n) is 26.8. The molecule has 1 aromatic heterocycles. The molecule has 4 aromatic carbocycles. The van der Waals surface area contributed by atoms with Gasteiger partial charge < -0.3 is 20.1 Å². The van der Waals surface area contributed by atoms with Gasteiger partial charge in [0.15, 0.2) is 6.10 Å². The number of para-hydroxylation sites is 1. The van der Waals surface area contributed by atoms with E-state index in [9.17, 15) is 14.4 Å². The van der Waals surface area contributed by atoms with Crippen LogP contribution in [0.1, 0.15) is 55.0 Å². The third-order valence-electron chi connectivity index (χ3n) is 8.44. The van der Waals surface area contributed by atoms with Crippen molar-refractivity contribution >= 4 is 29.3 Å². The fraction of sp³-hybridized carbons (Fsp3) is 0.256. The monoisotopic (exact) mass is 629 g/mol. The molecule has 5 aromatic rings. The van der Waals surface area contributed by atoms with Crippen LogP contribution in [0.3, 0.4) is 0 Å². The Morgan fingerprint density at radius 2 is 1.47 bits per heavy atom. The van der Waals surface area contributed by atoms with Crippen LogP contribution in [-0.4, -0.2) is 47.8 Å². The van der Waals surface area contributed by atoms with Crippen molar-refractivity contribution in [3.63, 3.8) is 0 Å². The van der Waals surface area contributed by atoms with Crippen molar-refractivity contribution in [2.75, 3.05) is 13.2 Å². The predicted octanol–water partition coefficient (Wildman–Crippen LogP) is 6.77. The van der Waals surface area contributed by atoms with Crippen molar-refractivity contribution in [1.82, 2.24) is 15.2 Å². The standard InChI is InChI=1S/C39H39N3O5/c1-39(2,3)47-38(45)42-23-32(31-19-11-12-20-34(31)42)35(41-25-43)36(37(44)40-22-21-26-13-5-4-6-14-26)46-24-33-29-17-9-7-15-27(29)28-16-8-10-18-30(28)33/h4-20,23,25,33,35-36H,21-22,24H2,1-3H3,(H,40,44)(H,41,43)/t35?,36-/m1/s1. The van der Waals surface area contributed by atoms with E-state index in [1.807, 2.05) is 78.9 Å². The van der Waals surface area contributed by atoms with E-state index in [4.69, 9.17) is 9.47 Å². The van der Waals surface area contributed by atoms with Crippen molar-refractivity contribution in [2.45, 2.75) is 50.9 Å². The fourth-order valence-electron chi connectivity index (χ4n) is 6.37. The lowest BCUT2D eigenvalue weighted by Gasteiger charge is -2.28. The molecule has 0 bridgehead atoms. The maximum Gasteiger partial charge on any atom is 0.419 e. The number of aromatic nitrogens is 1. The summed E-state index contributed by atoms with van der Waals surface area (Å²) in [7, 11) is 0. The van der Waals surface area contributed by atoms with Crippen molar-refractivity contribution in [3.05, 3.63) is 132 Å². The summed E-state index contributed by atoms with van der Waals surface area (Å²) >= 11 is 0. The maximum absolute atomic E-state index is 14.1. The Labute approximate surface area is 274 Å². The quantitative estimate of drug-likeness (QED) is 0.157. The minimum absolute atomic E-state index is 0.109. The van der Waals surface area contributed by atoms with E-state index in [-0.39, 0.29) is 18.4 Å². The molecule has 47 heavy (non-hydrogen) atoms. The van der Waals surface area contributed by atoms with E-state index >= 15 is 0 Å². The van der Waals surface area contributed by atoms with Gasteiger partial charge in [0.25, 0.3) is 5.91 Å². The summed E-state index contributed by atoms with van der Waals surface area (Å²) in [5, 5.41) is 6.60. The summed E-state index contributed by atoms with van der Waals surface area (Å²) < 4.78 is 13.7. The lowest BCUT2D eigenvalue weighted by atomic mass is 9.97. The molecule has 0 saturated carbocycles. The Morgan fingerprint density at radius 3 is 2.13 bits per heavy atom. The van der Waals surface area contributed by atoms with E-state index in [0.717, 1.165) is 27.8 Å². The molecule has 1 unspecified atom stereocenters. The third kappa shape index (κ3) is 6.83. The van der Waals surface area contributed by atoms with Crippen LogP contribution >= 0.6 is 0 Å². The first-order chi connectivity index (χ1) is 22.7. The smallest absolute Gasteiger partial charge is 0.419 e. The topological polar surface area (TPSA) is 98.7 Å². The Kier molecular flexibility index (Phi) is 9.22. The molecular formula is C39H39N3O5. The van der Waals surface area contributed by atoms with Gasteiger partial charge in [0.1, 0.15) is 5.60 Å². The van der Waals surface area contributed by atoms with E-state index in [1.165, 1.54) is 4.57 Å². The van der Waals surface area contributed by atoms with Gasteiger partial charge in [0.05, 0.1) is 18.2 Å². The molecule has 8 nitrogen and oxygen atoms in total. The molecule has 240 valence electrons. The molecule has 2 N–H and O–H groups in total. The third-order valence-corrected chi connectivity index (χ3v) is 8.44. The van der Waals surface area contributed by atoms with Crippen LogP contribution in [0.5, 0.6) is 0 Å². The van der Waals surface area contributed by atoms with Gasteiger partial charge in [0.2, 0.25) is 6.41 Å². The van der Waals surface area contributed by atoms with E-state index in [1.54, 1.807) is 27.0 Å². The van der Waals surface area contributed by atoms with E-state index in [2.05, 4.69) is 34.9 Å². The van der Waals surface area contributed by atoms with Crippen molar-refractivity contribution in [3.8, 4) is 11.1 Å². The first kappa shape index (κ1) is 31.8. The molecule has 6 rings (SSSR count). The molecule has 0 fully saturated rings. The number of benzene rings is 4. The molecule has 2 amide bonds. The number of nitrogens with one attached hydrogen (secondary N) is 2. The van der Waals surface area contributed by atoms with Crippen LogP contribution in [0.25, 0.3) is 22.0 Å². The summed E-state index contributed by atoms with van der Waals surface area (Å²) in [5.74, 6) is -0.476. The highest BCUT2D eigenvalue weighted by Gasteiger charge is 2.36. The highest BCUT2D eigenvalue weighted by atomic mass is 16.6. The highest BCUT2D eigenvalue weighted by molar-refractivity contribution is 5.93. The summed E-state index contributed by atoms with van der Waals surface area (Å²) in [6.45, 7) is 5.99. The molecular weight excluding hydrogens is 590 g/mol. The van der Waals surface area contributed by atoms with Crippen LogP contribution in [0.2, 0.25) is 0 Å². The lowest BCUT2D eigenvalue weighted by molar-refractivity contribution is -0.135. The number of amides is 2. The Balaban J connectivity index is 1.36. The van der Waals surface area contributed by atoms with Crippen LogP contribution < -0.4 is 10.6 Å². The highest BCUT2D eigenvalue weighted by Crippen LogP contribution is 2.45. The molecule has 0 saturated heterocycles. The maximum atomic E-state index is 14.1. The second kappa shape index (κ2) is 13.6. The van der Waals surface area contributed by atoms with Crippen molar-refractivity contribution in [1.29, 1.82) is 0 Å². The van der Waals surface area contributed by atoms with E-state index in [0.29, 0.717) is 35.8 Å². The number of ether oxygens (including phenoxy) is 2. The first-order valence-corrected chi connectivity index (χ1v) is 15.9. The number of carbonyl (C=O) groups is 3. The van der Waals surface area contributed by atoms with Gasteiger partial charge in [0, 0.05) is 29.6 Å². The summed E-state index contributed by atoms with van der Waals surface area (Å²) in [4.78, 5) is 39.6. The molecule has 0 aliphatic heterocycles. The molecule has 1 aliphatic rings. The van der Waals surface area contributed by atoms with Crippen molar-refractivity contribution in [2.24, 2.45) is 0 Å². The summed E-state index contributed by atoms with van der Waals surface area (Å²) in [6, 6.07) is 32.8. The van der Waals surface area contributed by atoms with Gasteiger partial charge in [-0.1, -0.05) is 97.1 Å². The Morgan fingerprint density at radius 1 is 0.851 bits per heavy atom. The number of carbonyl (C=O) groups excluding carboxylic acids is 3. The summed E-state index contributed by atoms with van der Waals surface area (Å²) in [5.41, 5.74) is 6.06. The number of hydrogen-bond donors (Lipinski definition) is 2. The van der Waals surface area contributed by atoms with Gasteiger partial charge in [-0.05, 0) is 61.1 Å². The van der Waals surface area contributed by atoms with Crippen LogP contribution in [0, 0.1) is 0 Å². The molecule has 0 radical (unpaired) electrons. The number of rotatable bonds is 11. The average molecular weight is 630 g/mol. The van der Waals surface area contributed by atoms with Crippen LogP contribution in [0.15, 0.2) is 109 Å². The SMILES string of the molecule is CC(C)(C)OC(=O)n1cc(C(NC=O)[C@@H](OCC2c3ccccc3-c3ccccc32)C(=O)NCCc2ccccc2)c2ccccc21.